The summed E-state index contributed by atoms with van der Waals surface area (Å²) in [5.74, 6) is -0.446. The lowest BCUT2D eigenvalue weighted by atomic mass is 10.2. The highest BCUT2D eigenvalue weighted by Crippen LogP contribution is 2.08. The molecule has 0 aromatic heterocycles. The maximum Gasteiger partial charge on any atom is 0.320 e. The van der Waals surface area contributed by atoms with Crippen molar-refractivity contribution < 1.29 is 19.1 Å². The minimum atomic E-state index is -0.484. The Hall–Kier alpha value is -1.22. The average molecular weight is 387 g/mol. The lowest BCUT2D eigenvalue weighted by molar-refractivity contribution is -0.156. The summed E-state index contributed by atoms with van der Waals surface area (Å²) >= 11 is 0. The molecule has 1 rings (SSSR count). The highest BCUT2D eigenvalue weighted by Gasteiger charge is 2.22. The summed E-state index contributed by atoms with van der Waals surface area (Å²) in [6.07, 6.45) is 2.06. The van der Waals surface area contributed by atoms with Gasteiger partial charge in [0.25, 0.3) is 0 Å². The number of hydrogen-bond acceptors (Lipinski definition) is 8. The number of methoxy groups -OCH3 is 1. The number of nitrogens with two attached hydrogens (primary N) is 1. The normalized spacial score (nSPS) is 18.4. The standard InChI is InChI=1S/C19H38N4O4/c1-19(2,3)27-18(25)16-23-12-10-21(8-6-5-7-20)9-11-22(13-14-23)15-17(24)26-4/h5-16,20H2,1-4H3. The lowest BCUT2D eigenvalue weighted by Crippen LogP contribution is -2.41. The summed E-state index contributed by atoms with van der Waals surface area (Å²) in [4.78, 5) is 30.5. The van der Waals surface area contributed by atoms with E-state index in [-0.39, 0.29) is 25.0 Å². The van der Waals surface area contributed by atoms with Crippen molar-refractivity contribution in [3.8, 4) is 0 Å². The maximum absolute atomic E-state index is 12.2. The number of carbonyl (C=O) groups is 2. The van der Waals surface area contributed by atoms with E-state index in [0.29, 0.717) is 19.6 Å². The number of hydrogen-bond donors (Lipinski definition) is 1. The first-order valence-electron chi connectivity index (χ1n) is 9.89. The third-order valence-electron chi connectivity index (χ3n) is 4.48. The molecule has 0 aliphatic carbocycles. The number of rotatable bonds is 8. The zero-order valence-electron chi connectivity index (χ0n) is 17.5. The SMILES string of the molecule is COC(=O)CN1CCN(CCCCN)CCN(CC(=O)OC(C)(C)C)CC1. The van der Waals surface area contributed by atoms with Crippen molar-refractivity contribution in [3.63, 3.8) is 0 Å². The molecular weight excluding hydrogens is 348 g/mol. The minimum absolute atomic E-state index is 0.212. The van der Waals surface area contributed by atoms with E-state index in [1.165, 1.54) is 7.11 Å². The second-order valence-corrected chi connectivity index (χ2v) is 8.05. The van der Waals surface area contributed by atoms with E-state index in [9.17, 15) is 9.59 Å². The highest BCUT2D eigenvalue weighted by atomic mass is 16.6. The summed E-state index contributed by atoms with van der Waals surface area (Å²) in [7, 11) is 1.41. The van der Waals surface area contributed by atoms with E-state index in [4.69, 9.17) is 15.2 Å². The first-order chi connectivity index (χ1) is 12.7. The predicted octanol–water partition coefficient (Wildman–Crippen LogP) is 0.160. The molecule has 0 unspecified atom stereocenters. The summed E-state index contributed by atoms with van der Waals surface area (Å²) in [6, 6.07) is 0. The Morgan fingerprint density at radius 3 is 1.78 bits per heavy atom. The lowest BCUT2D eigenvalue weighted by Gasteiger charge is -2.27. The summed E-state index contributed by atoms with van der Waals surface area (Å²) in [5.41, 5.74) is 5.12. The van der Waals surface area contributed by atoms with E-state index in [1.807, 2.05) is 20.8 Å². The van der Waals surface area contributed by atoms with Crippen molar-refractivity contribution in [3.05, 3.63) is 0 Å². The van der Waals surface area contributed by atoms with Crippen LogP contribution >= 0.6 is 0 Å². The molecule has 1 aliphatic rings. The predicted molar refractivity (Wildman–Crippen MR) is 105 cm³/mol. The van der Waals surface area contributed by atoms with Gasteiger partial charge in [-0.2, -0.15) is 0 Å². The van der Waals surface area contributed by atoms with Crippen molar-refractivity contribution >= 4 is 11.9 Å². The van der Waals surface area contributed by atoms with E-state index < -0.39 is 5.60 Å². The van der Waals surface area contributed by atoms with Gasteiger partial charge in [0.05, 0.1) is 20.2 Å². The zero-order valence-corrected chi connectivity index (χ0v) is 17.5. The highest BCUT2D eigenvalue weighted by molar-refractivity contribution is 5.72. The molecule has 1 heterocycles. The van der Waals surface area contributed by atoms with Crippen LogP contribution in [0.5, 0.6) is 0 Å². The molecule has 8 heteroatoms. The van der Waals surface area contributed by atoms with Gasteiger partial charge in [0.1, 0.15) is 5.60 Å². The Morgan fingerprint density at radius 2 is 1.33 bits per heavy atom. The molecule has 1 aliphatic heterocycles. The first kappa shape index (κ1) is 23.8. The Labute approximate surface area is 163 Å². The largest absolute Gasteiger partial charge is 0.468 e. The van der Waals surface area contributed by atoms with Gasteiger partial charge < -0.3 is 20.1 Å². The summed E-state index contributed by atoms with van der Waals surface area (Å²) in [6.45, 7) is 12.7. The third-order valence-corrected chi connectivity index (χ3v) is 4.48. The average Bonchev–Trinajstić information content (AvgIpc) is 2.66. The quantitative estimate of drug-likeness (QED) is 0.466. The molecule has 0 spiro atoms. The van der Waals surface area contributed by atoms with Crippen LogP contribution in [0.4, 0.5) is 0 Å². The van der Waals surface area contributed by atoms with Crippen molar-refractivity contribution in [2.24, 2.45) is 5.73 Å². The number of esters is 2. The fourth-order valence-electron chi connectivity index (χ4n) is 3.01. The van der Waals surface area contributed by atoms with E-state index >= 15 is 0 Å². The van der Waals surface area contributed by atoms with E-state index in [1.54, 1.807) is 0 Å². The van der Waals surface area contributed by atoms with Gasteiger partial charge in [-0.25, -0.2) is 0 Å². The second kappa shape index (κ2) is 12.3. The molecule has 8 nitrogen and oxygen atoms in total. The van der Waals surface area contributed by atoms with Crippen molar-refractivity contribution in [2.75, 3.05) is 72.6 Å². The van der Waals surface area contributed by atoms with Crippen molar-refractivity contribution in [1.82, 2.24) is 14.7 Å². The maximum atomic E-state index is 12.2. The molecule has 0 aromatic carbocycles. The van der Waals surface area contributed by atoms with Crippen LogP contribution in [0, 0.1) is 0 Å². The van der Waals surface area contributed by atoms with Crippen LogP contribution in [-0.2, 0) is 19.1 Å². The molecule has 0 amide bonds. The monoisotopic (exact) mass is 386 g/mol. The molecule has 0 radical (unpaired) electrons. The van der Waals surface area contributed by atoms with Crippen LogP contribution in [0.2, 0.25) is 0 Å². The molecule has 0 bridgehead atoms. The van der Waals surface area contributed by atoms with Crippen molar-refractivity contribution in [2.45, 2.75) is 39.2 Å². The van der Waals surface area contributed by atoms with Gasteiger partial charge in [0.15, 0.2) is 0 Å². The van der Waals surface area contributed by atoms with Crippen LogP contribution < -0.4 is 5.73 Å². The molecule has 0 saturated carbocycles. The molecule has 1 saturated heterocycles. The molecule has 158 valence electrons. The number of nitrogens with zero attached hydrogens (tertiary/aromatic N) is 3. The van der Waals surface area contributed by atoms with Gasteiger partial charge in [-0.3, -0.25) is 19.4 Å². The number of unbranched alkanes of at least 4 members (excludes halogenated alkanes) is 1. The van der Waals surface area contributed by atoms with E-state index in [0.717, 1.165) is 45.6 Å². The molecular formula is C19H38N4O4. The van der Waals surface area contributed by atoms with Gasteiger partial charge in [0.2, 0.25) is 0 Å². The Kier molecular flexibility index (Phi) is 10.8. The van der Waals surface area contributed by atoms with Crippen LogP contribution in [-0.4, -0.2) is 105 Å². The van der Waals surface area contributed by atoms with Crippen LogP contribution in [0.25, 0.3) is 0 Å². The Morgan fingerprint density at radius 1 is 0.852 bits per heavy atom. The van der Waals surface area contributed by atoms with Crippen LogP contribution in [0.1, 0.15) is 33.6 Å². The molecule has 0 atom stereocenters. The van der Waals surface area contributed by atoms with Gasteiger partial charge in [-0.1, -0.05) is 0 Å². The number of carbonyl (C=O) groups excluding carboxylic acids is 2. The van der Waals surface area contributed by atoms with Gasteiger partial charge in [0, 0.05) is 39.3 Å². The second-order valence-electron chi connectivity index (χ2n) is 8.05. The summed E-state index contributed by atoms with van der Waals surface area (Å²) in [5, 5.41) is 0. The van der Waals surface area contributed by atoms with Crippen molar-refractivity contribution in [1.29, 1.82) is 0 Å². The summed E-state index contributed by atoms with van der Waals surface area (Å²) < 4.78 is 10.3. The fraction of sp³-hybridized carbons (Fsp3) is 0.895. The molecule has 0 aromatic rings. The van der Waals surface area contributed by atoms with Gasteiger partial charge >= 0.3 is 11.9 Å². The fourth-order valence-corrected chi connectivity index (χ4v) is 3.01. The zero-order chi connectivity index (χ0) is 20.3. The minimum Gasteiger partial charge on any atom is -0.468 e. The molecule has 1 fully saturated rings. The number of ether oxygens (including phenoxy) is 2. The smallest absolute Gasteiger partial charge is 0.320 e. The van der Waals surface area contributed by atoms with Gasteiger partial charge in [-0.05, 0) is 46.7 Å². The topological polar surface area (TPSA) is 88.3 Å². The Bertz CT molecular complexity index is 453. The van der Waals surface area contributed by atoms with Crippen LogP contribution in [0.15, 0.2) is 0 Å². The van der Waals surface area contributed by atoms with Crippen LogP contribution in [0.3, 0.4) is 0 Å². The third kappa shape index (κ3) is 11.3. The van der Waals surface area contributed by atoms with Gasteiger partial charge in [-0.15, -0.1) is 0 Å². The van der Waals surface area contributed by atoms with E-state index in [2.05, 4.69) is 14.7 Å². The molecule has 2 N–H and O–H groups in total. The Balaban J connectivity index is 2.69. The molecule has 27 heavy (non-hydrogen) atoms. The first-order valence-corrected chi connectivity index (χ1v) is 9.89.